The molecule has 1 aromatic rings. The maximum absolute atomic E-state index is 11.5. The number of morpholine rings is 1. The van der Waals surface area contributed by atoms with Gasteiger partial charge in [-0.2, -0.15) is 0 Å². The van der Waals surface area contributed by atoms with Crippen LogP contribution in [0.4, 0.5) is 0 Å². The van der Waals surface area contributed by atoms with Crippen molar-refractivity contribution in [1.29, 1.82) is 0 Å². The van der Waals surface area contributed by atoms with Crippen molar-refractivity contribution >= 4 is 17.6 Å². The van der Waals surface area contributed by atoms with E-state index >= 15 is 0 Å². The molecule has 2 rings (SSSR count). The molecular formula is C17H23ClN4O3. The van der Waals surface area contributed by atoms with Gasteiger partial charge in [0.15, 0.2) is 0 Å². The Morgan fingerprint density at radius 2 is 1.92 bits per heavy atom. The second-order valence-electron chi connectivity index (χ2n) is 5.82. The van der Waals surface area contributed by atoms with E-state index < -0.39 is 0 Å². The third kappa shape index (κ3) is 4.80. The molecule has 136 valence electrons. The number of allylic oxidation sites excluding steroid dienone is 1. The Hall–Kier alpha value is -2.38. The number of nitrogens with two attached hydrogens (primary N) is 3. The van der Waals surface area contributed by atoms with Gasteiger partial charge in [-0.15, -0.1) is 0 Å². The number of ether oxygens (including phenoxy) is 2. The van der Waals surface area contributed by atoms with E-state index in [1.165, 1.54) is 13.2 Å². The van der Waals surface area contributed by atoms with E-state index in [4.69, 9.17) is 38.3 Å². The van der Waals surface area contributed by atoms with Gasteiger partial charge in [-0.05, 0) is 30.7 Å². The van der Waals surface area contributed by atoms with Crippen molar-refractivity contribution in [3.05, 3.63) is 58.1 Å². The normalized spacial score (nSPS) is 20.9. The molecule has 0 radical (unpaired) electrons. The zero-order chi connectivity index (χ0) is 18.6. The van der Waals surface area contributed by atoms with Gasteiger partial charge in [0.2, 0.25) is 0 Å². The molecule has 0 spiro atoms. The van der Waals surface area contributed by atoms with Crippen molar-refractivity contribution in [2.75, 3.05) is 20.2 Å². The molecule has 6 N–H and O–H groups in total. The number of benzene rings is 1. The summed E-state index contributed by atoms with van der Waals surface area (Å²) in [5, 5.41) is 0.0986. The summed E-state index contributed by atoms with van der Waals surface area (Å²) in [4.78, 5) is 13.5. The summed E-state index contributed by atoms with van der Waals surface area (Å²) in [5.74, 6) is -0.243. The monoisotopic (exact) mass is 366 g/mol. The summed E-state index contributed by atoms with van der Waals surface area (Å²) in [6.45, 7) is 3.08. The van der Waals surface area contributed by atoms with E-state index in [1.54, 1.807) is 12.1 Å². The summed E-state index contributed by atoms with van der Waals surface area (Å²) in [7, 11) is 1.35. The fourth-order valence-electron chi connectivity index (χ4n) is 2.77. The van der Waals surface area contributed by atoms with Gasteiger partial charge in [0.1, 0.15) is 17.1 Å². The van der Waals surface area contributed by atoms with Crippen LogP contribution in [0.3, 0.4) is 0 Å². The SMILES string of the molecule is COC(=O)c1ccc(C2CN(C(/C=C(\N)Cl)=C(N)N)CC(C)O2)cc1. The lowest BCUT2D eigenvalue weighted by molar-refractivity contribution is -0.0683. The Kier molecular flexibility index (Phi) is 6.17. The lowest BCUT2D eigenvalue weighted by atomic mass is 10.0. The fourth-order valence-corrected chi connectivity index (χ4v) is 2.88. The maximum atomic E-state index is 11.5. The van der Waals surface area contributed by atoms with Crippen LogP contribution in [-0.4, -0.2) is 37.2 Å². The number of rotatable bonds is 4. The van der Waals surface area contributed by atoms with Gasteiger partial charge in [-0.3, -0.25) is 0 Å². The molecule has 0 amide bonds. The van der Waals surface area contributed by atoms with Crippen LogP contribution in [0.5, 0.6) is 0 Å². The number of methoxy groups -OCH3 is 1. The summed E-state index contributed by atoms with van der Waals surface area (Å²) in [5.41, 5.74) is 19.1. The Morgan fingerprint density at radius 1 is 1.28 bits per heavy atom. The van der Waals surface area contributed by atoms with Gasteiger partial charge in [0.25, 0.3) is 0 Å². The highest BCUT2D eigenvalue weighted by Gasteiger charge is 2.28. The minimum Gasteiger partial charge on any atom is -0.465 e. The Bertz CT molecular complexity index is 680. The van der Waals surface area contributed by atoms with Gasteiger partial charge < -0.3 is 31.6 Å². The highest BCUT2D eigenvalue weighted by Crippen LogP contribution is 2.28. The Balaban J connectivity index is 2.24. The average Bonchev–Trinajstić information content (AvgIpc) is 2.58. The molecule has 0 bridgehead atoms. The summed E-state index contributed by atoms with van der Waals surface area (Å²) in [6.07, 6.45) is 1.26. The molecule has 1 fully saturated rings. The second kappa shape index (κ2) is 8.13. The van der Waals surface area contributed by atoms with Crippen LogP contribution in [0.25, 0.3) is 0 Å². The largest absolute Gasteiger partial charge is 0.465 e. The van der Waals surface area contributed by atoms with E-state index in [0.717, 1.165) is 5.56 Å². The number of hydrogen-bond donors (Lipinski definition) is 3. The van der Waals surface area contributed by atoms with Crippen LogP contribution in [0, 0.1) is 0 Å². The molecule has 0 saturated carbocycles. The smallest absolute Gasteiger partial charge is 0.337 e. The zero-order valence-corrected chi connectivity index (χ0v) is 15.0. The van der Waals surface area contributed by atoms with E-state index in [9.17, 15) is 4.79 Å². The number of carbonyl (C=O) groups excluding carboxylic acids is 1. The van der Waals surface area contributed by atoms with Crippen molar-refractivity contribution < 1.29 is 14.3 Å². The van der Waals surface area contributed by atoms with E-state index in [0.29, 0.717) is 24.4 Å². The van der Waals surface area contributed by atoms with Crippen LogP contribution in [0.15, 0.2) is 47.0 Å². The predicted octanol–water partition coefficient (Wildman–Crippen LogP) is 1.36. The minimum absolute atomic E-state index is 0.0571. The molecule has 2 atom stereocenters. The summed E-state index contributed by atoms with van der Waals surface area (Å²) in [6, 6.07) is 7.10. The molecule has 25 heavy (non-hydrogen) atoms. The topological polar surface area (TPSA) is 117 Å². The van der Waals surface area contributed by atoms with E-state index in [-0.39, 0.29) is 29.2 Å². The average molecular weight is 367 g/mol. The van der Waals surface area contributed by atoms with E-state index in [1.807, 2.05) is 24.0 Å². The first-order valence-electron chi connectivity index (χ1n) is 7.78. The van der Waals surface area contributed by atoms with Gasteiger partial charge in [0, 0.05) is 13.1 Å². The number of hydrogen-bond acceptors (Lipinski definition) is 7. The van der Waals surface area contributed by atoms with Crippen LogP contribution in [-0.2, 0) is 9.47 Å². The van der Waals surface area contributed by atoms with Crippen LogP contribution < -0.4 is 17.2 Å². The van der Waals surface area contributed by atoms with Crippen molar-refractivity contribution in [3.8, 4) is 0 Å². The third-order valence-electron chi connectivity index (χ3n) is 3.87. The van der Waals surface area contributed by atoms with E-state index in [2.05, 4.69) is 0 Å². The van der Waals surface area contributed by atoms with Gasteiger partial charge in [-0.1, -0.05) is 23.7 Å². The number of nitrogens with zero attached hydrogens (tertiary/aromatic N) is 1. The minimum atomic E-state index is -0.380. The summed E-state index contributed by atoms with van der Waals surface area (Å²) >= 11 is 5.78. The molecule has 1 aliphatic heterocycles. The van der Waals surface area contributed by atoms with Crippen molar-refractivity contribution in [2.24, 2.45) is 17.2 Å². The van der Waals surface area contributed by atoms with Crippen molar-refractivity contribution in [3.63, 3.8) is 0 Å². The number of carbonyl (C=O) groups is 1. The quantitative estimate of drug-likeness (QED) is 0.418. The first-order valence-corrected chi connectivity index (χ1v) is 8.16. The highest BCUT2D eigenvalue weighted by molar-refractivity contribution is 6.29. The van der Waals surface area contributed by atoms with Crippen LogP contribution in [0.1, 0.15) is 28.9 Å². The molecular weight excluding hydrogens is 344 g/mol. The molecule has 7 nitrogen and oxygen atoms in total. The van der Waals surface area contributed by atoms with Gasteiger partial charge >= 0.3 is 5.97 Å². The van der Waals surface area contributed by atoms with Crippen LogP contribution in [0.2, 0.25) is 0 Å². The van der Waals surface area contributed by atoms with Crippen molar-refractivity contribution in [2.45, 2.75) is 19.1 Å². The fraction of sp³-hybridized carbons (Fsp3) is 0.353. The lowest BCUT2D eigenvalue weighted by Gasteiger charge is -2.39. The van der Waals surface area contributed by atoms with Gasteiger partial charge in [-0.25, -0.2) is 4.79 Å². The molecule has 0 aliphatic carbocycles. The summed E-state index contributed by atoms with van der Waals surface area (Å²) < 4.78 is 10.7. The molecule has 1 aromatic carbocycles. The first kappa shape index (κ1) is 19.0. The Labute approximate surface area is 152 Å². The molecule has 1 saturated heterocycles. The van der Waals surface area contributed by atoms with Gasteiger partial charge in [0.05, 0.1) is 24.5 Å². The predicted molar refractivity (Wildman–Crippen MR) is 96.2 cm³/mol. The molecule has 2 unspecified atom stereocenters. The molecule has 1 aliphatic rings. The maximum Gasteiger partial charge on any atom is 0.337 e. The standard InChI is InChI=1S/C17H23ClN4O3/c1-10-8-22(13(16(20)21)7-15(18)19)9-14(25-10)11-3-5-12(6-4-11)17(23)24-2/h3-7,10,14H,8-9,19-21H2,1-2H3/b15-7-. The van der Waals surface area contributed by atoms with Crippen LogP contribution >= 0.6 is 11.6 Å². The number of esters is 1. The number of halogens is 1. The Morgan fingerprint density at radius 3 is 2.44 bits per heavy atom. The second-order valence-corrected chi connectivity index (χ2v) is 6.26. The van der Waals surface area contributed by atoms with Crippen molar-refractivity contribution in [1.82, 2.24) is 4.90 Å². The highest BCUT2D eigenvalue weighted by atomic mass is 35.5. The molecule has 0 aromatic heterocycles. The third-order valence-corrected chi connectivity index (χ3v) is 3.98. The lowest BCUT2D eigenvalue weighted by Crippen LogP contribution is -2.43. The molecule has 8 heteroatoms. The first-order chi connectivity index (χ1) is 11.8. The molecule has 1 heterocycles. The zero-order valence-electron chi connectivity index (χ0n) is 14.2.